The molecule has 0 aromatic rings. The maximum Gasteiger partial charge on any atom is 0.0834 e. The fourth-order valence-corrected chi connectivity index (χ4v) is 2.97. The summed E-state index contributed by atoms with van der Waals surface area (Å²) < 4.78 is 6.09. The molecule has 0 bridgehead atoms. The molecule has 2 heteroatoms. The van der Waals surface area contributed by atoms with Crippen molar-refractivity contribution >= 4 is 0 Å². The monoisotopic (exact) mass is 213 g/mol. The summed E-state index contributed by atoms with van der Waals surface area (Å²) in [6.07, 6.45) is 5.12. The Labute approximate surface area is 94.8 Å². The van der Waals surface area contributed by atoms with Gasteiger partial charge in [-0.15, -0.1) is 0 Å². The lowest BCUT2D eigenvalue weighted by atomic mass is 9.75. The normalized spacial score (nSPS) is 34.0. The molecule has 1 aliphatic rings. The van der Waals surface area contributed by atoms with Crippen LogP contribution in [0.15, 0.2) is 0 Å². The van der Waals surface area contributed by atoms with Crippen LogP contribution in [0.1, 0.15) is 53.4 Å². The molecule has 3 unspecified atom stereocenters. The third kappa shape index (κ3) is 3.18. The fourth-order valence-electron chi connectivity index (χ4n) is 2.97. The Morgan fingerprint density at radius 3 is 2.73 bits per heavy atom. The average Bonchev–Trinajstić information content (AvgIpc) is 2.18. The Balaban J connectivity index is 2.67. The molecule has 1 rings (SSSR count). The van der Waals surface area contributed by atoms with E-state index in [1.54, 1.807) is 0 Å². The molecule has 1 N–H and O–H groups in total. The predicted molar refractivity (Wildman–Crippen MR) is 65.1 cm³/mol. The van der Waals surface area contributed by atoms with Gasteiger partial charge in [0.2, 0.25) is 0 Å². The van der Waals surface area contributed by atoms with Gasteiger partial charge in [-0.3, -0.25) is 0 Å². The minimum absolute atomic E-state index is 0.0996. The molecule has 0 amide bonds. The number of nitrogens with one attached hydrogen (secondary N) is 1. The van der Waals surface area contributed by atoms with Gasteiger partial charge in [0.15, 0.2) is 0 Å². The van der Waals surface area contributed by atoms with Gasteiger partial charge >= 0.3 is 0 Å². The van der Waals surface area contributed by atoms with Crippen molar-refractivity contribution in [3.8, 4) is 0 Å². The van der Waals surface area contributed by atoms with E-state index < -0.39 is 0 Å². The highest BCUT2D eigenvalue weighted by Gasteiger charge is 2.39. The zero-order chi connectivity index (χ0) is 11.3. The number of ether oxygens (including phenoxy) is 1. The summed E-state index contributed by atoms with van der Waals surface area (Å²) in [4.78, 5) is 0. The van der Waals surface area contributed by atoms with Gasteiger partial charge in [0.25, 0.3) is 0 Å². The lowest BCUT2D eigenvalue weighted by Crippen LogP contribution is -2.53. The zero-order valence-corrected chi connectivity index (χ0v) is 10.8. The minimum Gasteiger partial charge on any atom is -0.374 e. The zero-order valence-electron chi connectivity index (χ0n) is 10.8. The van der Waals surface area contributed by atoms with Crippen molar-refractivity contribution in [1.29, 1.82) is 0 Å². The fraction of sp³-hybridized carbons (Fsp3) is 1.00. The molecule has 0 spiro atoms. The number of likely N-dealkylation sites (N-methyl/N-ethyl adjacent to an activating group) is 1. The first-order chi connectivity index (χ1) is 7.14. The van der Waals surface area contributed by atoms with E-state index in [2.05, 4.69) is 33.0 Å². The molecule has 1 fully saturated rings. The van der Waals surface area contributed by atoms with E-state index in [9.17, 15) is 0 Å². The summed E-state index contributed by atoms with van der Waals surface area (Å²) in [7, 11) is 0. The maximum absolute atomic E-state index is 6.09. The Morgan fingerprint density at radius 2 is 2.20 bits per heavy atom. The second-order valence-electron chi connectivity index (χ2n) is 4.98. The molecule has 0 saturated heterocycles. The number of hydrogen-bond acceptors (Lipinski definition) is 2. The van der Waals surface area contributed by atoms with Gasteiger partial charge in [-0.2, -0.15) is 0 Å². The summed E-state index contributed by atoms with van der Waals surface area (Å²) in [5.41, 5.74) is 0.0996. The third-order valence-corrected chi connectivity index (χ3v) is 3.72. The van der Waals surface area contributed by atoms with E-state index >= 15 is 0 Å². The van der Waals surface area contributed by atoms with E-state index in [1.807, 2.05) is 0 Å². The minimum atomic E-state index is 0.0996. The first-order valence-corrected chi connectivity index (χ1v) is 6.52. The first kappa shape index (κ1) is 13.0. The molecule has 0 aromatic carbocycles. The number of hydrogen-bond donors (Lipinski definition) is 1. The van der Waals surface area contributed by atoms with Gasteiger partial charge in [-0.25, -0.2) is 0 Å². The highest BCUT2D eigenvalue weighted by molar-refractivity contribution is 4.94. The van der Waals surface area contributed by atoms with Crippen LogP contribution in [0.2, 0.25) is 0 Å². The van der Waals surface area contributed by atoms with Crippen LogP contribution < -0.4 is 5.32 Å². The Bertz CT molecular complexity index is 179. The van der Waals surface area contributed by atoms with Crippen LogP contribution in [0.4, 0.5) is 0 Å². The van der Waals surface area contributed by atoms with Gasteiger partial charge in [0, 0.05) is 12.6 Å². The van der Waals surface area contributed by atoms with Crippen molar-refractivity contribution in [2.75, 3.05) is 13.2 Å². The van der Waals surface area contributed by atoms with Crippen LogP contribution >= 0.6 is 0 Å². The quantitative estimate of drug-likeness (QED) is 0.758. The molecule has 1 saturated carbocycles. The van der Waals surface area contributed by atoms with Crippen LogP contribution in [0, 0.1) is 5.92 Å². The Morgan fingerprint density at radius 1 is 1.47 bits per heavy atom. The predicted octanol–water partition coefficient (Wildman–Crippen LogP) is 2.97. The van der Waals surface area contributed by atoms with Crippen molar-refractivity contribution < 1.29 is 4.74 Å². The lowest BCUT2D eigenvalue weighted by Gasteiger charge is -2.44. The summed E-state index contributed by atoms with van der Waals surface area (Å²) in [6, 6.07) is 0.477. The van der Waals surface area contributed by atoms with E-state index in [0.717, 1.165) is 19.1 Å². The summed E-state index contributed by atoms with van der Waals surface area (Å²) in [6.45, 7) is 10.8. The molecular weight excluding hydrogens is 186 g/mol. The highest BCUT2D eigenvalue weighted by Crippen LogP contribution is 2.37. The lowest BCUT2D eigenvalue weighted by molar-refractivity contribution is -0.0961. The summed E-state index contributed by atoms with van der Waals surface area (Å²) in [5.74, 6) is 0.811. The van der Waals surface area contributed by atoms with Crippen molar-refractivity contribution in [2.45, 2.75) is 65.0 Å². The summed E-state index contributed by atoms with van der Waals surface area (Å²) >= 11 is 0. The molecule has 0 aromatic heterocycles. The van der Waals surface area contributed by atoms with Crippen molar-refractivity contribution in [3.05, 3.63) is 0 Å². The molecule has 1 aliphatic carbocycles. The molecular formula is C13H27NO. The van der Waals surface area contributed by atoms with E-state index in [-0.39, 0.29) is 5.60 Å². The second-order valence-corrected chi connectivity index (χ2v) is 4.98. The average molecular weight is 213 g/mol. The molecule has 15 heavy (non-hydrogen) atoms. The molecule has 0 heterocycles. The number of rotatable bonds is 5. The second kappa shape index (κ2) is 5.86. The van der Waals surface area contributed by atoms with Crippen molar-refractivity contribution in [2.24, 2.45) is 5.92 Å². The van der Waals surface area contributed by atoms with Gasteiger partial charge in [0.05, 0.1) is 5.60 Å². The van der Waals surface area contributed by atoms with Crippen LogP contribution in [-0.4, -0.2) is 24.8 Å². The topological polar surface area (TPSA) is 21.3 Å². The van der Waals surface area contributed by atoms with Crippen molar-refractivity contribution in [3.63, 3.8) is 0 Å². The molecule has 90 valence electrons. The van der Waals surface area contributed by atoms with Gasteiger partial charge in [0.1, 0.15) is 0 Å². The van der Waals surface area contributed by atoms with E-state index in [4.69, 9.17) is 4.74 Å². The molecule has 0 aliphatic heterocycles. The molecule has 0 radical (unpaired) electrons. The largest absolute Gasteiger partial charge is 0.374 e. The van der Waals surface area contributed by atoms with Crippen LogP contribution in [0.3, 0.4) is 0 Å². The van der Waals surface area contributed by atoms with E-state index in [0.29, 0.717) is 6.04 Å². The van der Waals surface area contributed by atoms with Crippen molar-refractivity contribution in [1.82, 2.24) is 5.32 Å². The molecule has 2 nitrogen and oxygen atoms in total. The SMILES string of the molecule is CCNC(C)C1(OCC)CCCC(C)C1. The van der Waals surface area contributed by atoms with E-state index in [1.165, 1.54) is 25.7 Å². The van der Waals surface area contributed by atoms with Crippen LogP contribution in [0.5, 0.6) is 0 Å². The third-order valence-electron chi connectivity index (χ3n) is 3.72. The first-order valence-electron chi connectivity index (χ1n) is 6.52. The van der Waals surface area contributed by atoms with Gasteiger partial charge in [-0.05, 0) is 39.2 Å². The Kier molecular flexibility index (Phi) is 5.07. The van der Waals surface area contributed by atoms with Gasteiger partial charge in [-0.1, -0.05) is 26.7 Å². The highest BCUT2D eigenvalue weighted by atomic mass is 16.5. The smallest absolute Gasteiger partial charge is 0.0834 e. The van der Waals surface area contributed by atoms with Gasteiger partial charge < -0.3 is 10.1 Å². The van der Waals surface area contributed by atoms with Crippen LogP contribution in [-0.2, 0) is 4.74 Å². The van der Waals surface area contributed by atoms with Crippen LogP contribution in [0.25, 0.3) is 0 Å². The summed E-state index contributed by atoms with van der Waals surface area (Å²) in [5, 5.41) is 3.54. The maximum atomic E-state index is 6.09. The Hall–Kier alpha value is -0.0800. The standard InChI is InChI=1S/C13H27NO/c1-5-14-12(4)13(15-6-2)9-7-8-11(3)10-13/h11-12,14H,5-10H2,1-4H3. The molecule has 3 atom stereocenters.